The van der Waals surface area contributed by atoms with Crippen LogP contribution >= 0.6 is 11.6 Å². The first-order valence-electron chi connectivity index (χ1n) is 22.5. The molecule has 3 N–H and O–H groups in total. The van der Waals surface area contributed by atoms with E-state index in [1.165, 1.54) is 28.8 Å². The summed E-state index contributed by atoms with van der Waals surface area (Å²) < 4.78 is 12.9. The Morgan fingerprint density at radius 2 is 1.79 bits per heavy atom. The number of aliphatic carboxylic acids is 1. The largest absolute Gasteiger partial charge is 0.494 e. The zero-order chi connectivity index (χ0) is 43.1. The Morgan fingerprint density at radius 1 is 0.952 bits per heavy atom. The molecule has 3 aliphatic carbocycles. The van der Waals surface area contributed by atoms with Crippen LogP contribution in [0.1, 0.15) is 106 Å². The van der Waals surface area contributed by atoms with Crippen LogP contribution in [0.15, 0.2) is 104 Å². The van der Waals surface area contributed by atoms with Gasteiger partial charge in [0.2, 0.25) is 5.91 Å². The Labute approximate surface area is 371 Å². The summed E-state index contributed by atoms with van der Waals surface area (Å²) in [5.74, 6) is 1.97. The minimum atomic E-state index is -1.10. The van der Waals surface area contributed by atoms with Crippen molar-refractivity contribution >= 4 is 29.2 Å². The van der Waals surface area contributed by atoms with Crippen molar-refractivity contribution in [1.82, 2.24) is 15.3 Å². The van der Waals surface area contributed by atoms with Gasteiger partial charge in [0.05, 0.1) is 13.2 Å². The highest BCUT2D eigenvalue weighted by Crippen LogP contribution is 2.57. The monoisotopic (exact) mass is 854 g/mol. The number of fused-ring (bicyclic) bond motifs is 3. The van der Waals surface area contributed by atoms with E-state index in [0.29, 0.717) is 68.0 Å². The molecule has 1 fully saturated rings. The number of carbonyl (C=O) groups excluding carboxylic acids is 1. The lowest BCUT2D eigenvalue weighted by molar-refractivity contribution is -0.144. The van der Waals surface area contributed by atoms with Crippen molar-refractivity contribution in [3.05, 3.63) is 136 Å². The number of ether oxygens (including phenoxy) is 2. The number of pyridine rings is 2. The molecule has 5 aromatic rings. The van der Waals surface area contributed by atoms with Crippen LogP contribution in [-0.4, -0.2) is 52.2 Å². The van der Waals surface area contributed by atoms with Gasteiger partial charge in [0, 0.05) is 53.5 Å². The van der Waals surface area contributed by atoms with Gasteiger partial charge in [-0.1, -0.05) is 67.9 Å². The molecule has 324 valence electrons. The Balaban J connectivity index is 0.911. The molecule has 8 rings (SSSR count). The van der Waals surface area contributed by atoms with Crippen molar-refractivity contribution in [2.75, 3.05) is 25.1 Å². The molecule has 62 heavy (non-hydrogen) atoms. The van der Waals surface area contributed by atoms with Crippen molar-refractivity contribution < 1.29 is 24.2 Å². The number of anilines is 1. The molecule has 0 aliphatic heterocycles. The van der Waals surface area contributed by atoms with E-state index in [1.807, 2.05) is 48.8 Å². The second-order valence-electron chi connectivity index (χ2n) is 18.0. The molecule has 9 nitrogen and oxygen atoms in total. The number of benzene rings is 3. The number of aromatic nitrogens is 2. The van der Waals surface area contributed by atoms with Gasteiger partial charge in [-0.15, -0.1) is 0 Å². The quantitative estimate of drug-likeness (QED) is 0.0791. The molecular formula is C52H59ClN4O5. The summed E-state index contributed by atoms with van der Waals surface area (Å²) >= 11 is 6.32. The molecule has 2 heterocycles. The molecule has 1 saturated carbocycles. The van der Waals surface area contributed by atoms with Crippen molar-refractivity contribution in [3.63, 3.8) is 0 Å². The van der Waals surface area contributed by atoms with Crippen LogP contribution in [0.3, 0.4) is 0 Å². The molecule has 0 bridgehead atoms. The second kappa shape index (κ2) is 19.3. The maximum atomic E-state index is 13.1. The molecule has 10 heteroatoms. The lowest BCUT2D eigenvalue weighted by Crippen LogP contribution is -2.53. The summed E-state index contributed by atoms with van der Waals surface area (Å²) in [6, 6.07) is 28.2. The van der Waals surface area contributed by atoms with E-state index in [2.05, 4.69) is 70.8 Å². The van der Waals surface area contributed by atoms with Crippen LogP contribution < -0.4 is 20.1 Å². The van der Waals surface area contributed by atoms with Crippen LogP contribution in [0.2, 0.25) is 5.02 Å². The maximum absolute atomic E-state index is 13.1. The second-order valence-corrected chi connectivity index (χ2v) is 18.4. The highest BCUT2D eigenvalue weighted by Gasteiger charge is 2.54. The van der Waals surface area contributed by atoms with Crippen molar-refractivity contribution in [3.8, 4) is 22.6 Å². The average molecular weight is 856 g/mol. The number of hydrogen-bond acceptors (Lipinski definition) is 7. The summed E-state index contributed by atoms with van der Waals surface area (Å²) in [6.45, 7) is 6.16. The number of hydrogen-bond donors (Lipinski definition) is 3. The number of carbonyl (C=O) groups is 2. The summed E-state index contributed by atoms with van der Waals surface area (Å²) in [5, 5.41) is 17.8. The molecular weight excluding hydrogens is 796 g/mol. The fourth-order valence-corrected chi connectivity index (χ4v) is 10.7. The van der Waals surface area contributed by atoms with Gasteiger partial charge in [0.25, 0.3) is 0 Å². The van der Waals surface area contributed by atoms with Crippen molar-refractivity contribution in [2.45, 2.75) is 108 Å². The van der Waals surface area contributed by atoms with Crippen LogP contribution in [0.4, 0.5) is 5.69 Å². The molecule has 1 spiro atoms. The van der Waals surface area contributed by atoms with Crippen LogP contribution in [0.5, 0.6) is 11.5 Å². The van der Waals surface area contributed by atoms with Gasteiger partial charge in [-0.3, -0.25) is 14.8 Å². The molecule has 3 atom stereocenters. The predicted molar refractivity (Wildman–Crippen MR) is 245 cm³/mol. The van der Waals surface area contributed by atoms with E-state index in [1.54, 1.807) is 18.3 Å². The summed E-state index contributed by atoms with van der Waals surface area (Å²) in [4.78, 5) is 34.8. The van der Waals surface area contributed by atoms with Crippen molar-refractivity contribution in [2.24, 2.45) is 11.8 Å². The third-order valence-corrected chi connectivity index (χ3v) is 14.0. The molecule has 2 aromatic heterocycles. The zero-order valence-corrected chi connectivity index (χ0v) is 36.8. The Hall–Kier alpha value is -5.41. The van der Waals surface area contributed by atoms with Gasteiger partial charge < -0.3 is 25.2 Å². The number of nitrogens with one attached hydrogen (secondary N) is 2. The van der Waals surface area contributed by atoms with Gasteiger partial charge in [0.15, 0.2) is 0 Å². The van der Waals surface area contributed by atoms with Crippen LogP contribution in [0, 0.1) is 11.8 Å². The fourth-order valence-electron chi connectivity index (χ4n) is 10.5. The molecule has 0 saturated heterocycles. The van der Waals surface area contributed by atoms with Gasteiger partial charge in [-0.2, -0.15) is 0 Å². The smallest absolute Gasteiger partial charge is 0.329 e. The molecule has 3 aromatic carbocycles. The van der Waals surface area contributed by atoms with Gasteiger partial charge in [0.1, 0.15) is 17.0 Å². The minimum Gasteiger partial charge on any atom is -0.494 e. The van der Waals surface area contributed by atoms with E-state index in [9.17, 15) is 14.7 Å². The first-order valence-corrected chi connectivity index (χ1v) is 22.9. The van der Waals surface area contributed by atoms with E-state index < -0.39 is 11.5 Å². The lowest BCUT2D eigenvalue weighted by Gasteiger charge is -2.47. The van der Waals surface area contributed by atoms with Crippen LogP contribution in [-0.2, 0) is 34.3 Å². The molecule has 1 amide bonds. The summed E-state index contributed by atoms with van der Waals surface area (Å²) in [7, 11) is 0. The highest BCUT2D eigenvalue weighted by molar-refractivity contribution is 6.30. The molecule has 0 radical (unpaired) electrons. The first kappa shape index (κ1) is 43.2. The predicted octanol–water partition coefficient (Wildman–Crippen LogP) is 10.8. The minimum absolute atomic E-state index is 0.0136. The number of amides is 1. The van der Waals surface area contributed by atoms with E-state index in [-0.39, 0.29) is 17.2 Å². The summed E-state index contributed by atoms with van der Waals surface area (Å²) in [6.07, 6.45) is 14.9. The molecule has 1 unspecified atom stereocenters. The number of carboxylic acid groups (broad SMARTS) is 1. The Kier molecular flexibility index (Phi) is 13.5. The Morgan fingerprint density at radius 3 is 2.60 bits per heavy atom. The Bertz CT molecular complexity index is 2350. The van der Waals surface area contributed by atoms with E-state index >= 15 is 0 Å². The standard InChI is InChI=1S/C52H59ClN4O5/c1-35(34-62-47-19-26-55-46-14-3-8-36(2)49(46)47)28-41-30-39-16-17-44(32-45(39)51(41)20-22-52(23-21-51,50(59)60)57-43-13-5-12-42(53)31-43)61-27-7-15-48(58)56-25-18-37-9-4-10-38(29-37)40-11-6-24-54-33-40/h4-6,9-13,16-17,19,24,26,29,31-33,35-36,41,57H,3,7-8,14-15,18,20-23,25,27-28,30,34H2,1-2H3,(H,56,58)(H,59,60)/t35-,36-,41?,51?,52?/m1/s1. The van der Waals surface area contributed by atoms with Gasteiger partial charge >= 0.3 is 5.97 Å². The third kappa shape index (κ3) is 9.78. The van der Waals surface area contributed by atoms with Crippen molar-refractivity contribution in [1.29, 1.82) is 0 Å². The van der Waals surface area contributed by atoms with Gasteiger partial charge in [-0.05, 0) is 164 Å². The van der Waals surface area contributed by atoms with Crippen LogP contribution in [0.25, 0.3) is 11.1 Å². The normalized spacial score (nSPS) is 22.0. The number of nitrogens with zero attached hydrogens (tertiary/aromatic N) is 2. The fraction of sp³-hybridized carbons (Fsp3) is 0.423. The number of rotatable bonds is 17. The number of halogens is 1. The SMILES string of the molecule is C[C@@H](COc1ccnc2c1[C@H](C)CCC2)CC1Cc2ccc(OCCCC(=O)NCCc3cccc(-c4cccnc4)c3)cc2C12CCC(Nc1cccc(Cl)c1)(C(=O)O)CC2. The highest BCUT2D eigenvalue weighted by atomic mass is 35.5. The third-order valence-electron chi connectivity index (χ3n) is 13.7. The van der Waals surface area contributed by atoms with Gasteiger partial charge in [-0.25, -0.2) is 4.79 Å². The topological polar surface area (TPSA) is 123 Å². The number of aryl methyl sites for hydroxylation is 1. The van der Waals surface area contributed by atoms with E-state index in [4.69, 9.17) is 21.1 Å². The van der Waals surface area contributed by atoms with E-state index in [0.717, 1.165) is 73.1 Å². The zero-order valence-electron chi connectivity index (χ0n) is 36.0. The first-order chi connectivity index (χ1) is 30.1. The average Bonchev–Trinajstić information content (AvgIpc) is 3.56. The maximum Gasteiger partial charge on any atom is 0.329 e. The molecule has 3 aliphatic rings. The summed E-state index contributed by atoms with van der Waals surface area (Å²) in [5.41, 5.74) is 7.78. The lowest BCUT2D eigenvalue weighted by atomic mass is 9.59. The number of carboxylic acids is 1.